The average molecular weight is 439 g/mol. The molecular weight excluding hydrogens is 412 g/mol. The van der Waals surface area contributed by atoms with Crippen molar-refractivity contribution in [2.24, 2.45) is 0 Å². The standard InChI is InChI=1S/C28H26N2O3/c1-31-17-21(32-2)18-33-16-19-11-13-20(14-12-19)26-15-29-27-24-9-5-3-7-22(24)23-8-4-6-10-25(23)28(27)30-26/h3-15,21H,16-18H2,1-2H3. The van der Waals surface area contributed by atoms with E-state index in [4.69, 9.17) is 24.2 Å². The molecule has 1 unspecified atom stereocenters. The molecule has 0 N–H and O–H groups in total. The molecule has 5 heteroatoms. The molecule has 0 spiro atoms. The first-order chi connectivity index (χ1) is 16.3. The Morgan fingerprint density at radius 1 is 0.727 bits per heavy atom. The van der Waals surface area contributed by atoms with Crippen molar-refractivity contribution in [3.8, 4) is 11.3 Å². The van der Waals surface area contributed by atoms with Crippen molar-refractivity contribution in [1.29, 1.82) is 0 Å². The largest absolute Gasteiger partial charge is 0.382 e. The first kappa shape index (κ1) is 21.5. The van der Waals surface area contributed by atoms with Gasteiger partial charge in [0.05, 0.1) is 42.7 Å². The summed E-state index contributed by atoms with van der Waals surface area (Å²) in [6.45, 7) is 1.52. The third-order valence-electron chi connectivity index (χ3n) is 5.94. The molecule has 1 atom stereocenters. The van der Waals surface area contributed by atoms with Crippen LogP contribution in [0.3, 0.4) is 0 Å². The number of benzene rings is 4. The molecule has 0 bridgehead atoms. The summed E-state index contributed by atoms with van der Waals surface area (Å²) in [5, 5.41) is 4.64. The molecule has 166 valence electrons. The lowest BCUT2D eigenvalue weighted by atomic mass is 9.99. The molecule has 0 aliphatic carbocycles. The van der Waals surface area contributed by atoms with Crippen LogP contribution in [0.1, 0.15) is 5.56 Å². The van der Waals surface area contributed by atoms with Crippen LogP contribution >= 0.6 is 0 Å². The summed E-state index contributed by atoms with van der Waals surface area (Å²) in [6.07, 6.45) is 1.80. The van der Waals surface area contributed by atoms with Crippen molar-refractivity contribution < 1.29 is 14.2 Å². The van der Waals surface area contributed by atoms with Crippen LogP contribution in [0.2, 0.25) is 0 Å². The van der Waals surface area contributed by atoms with Gasteiger partial charge in [-0.25, -0.2) is 4.98 Å². The zero-order valence-electron chi connectivity index (χ0n) is 18.8. The van der Waals surface area contributed by atoms with E-state index >= 15 is 0 Å². The molecule has 0 aliphatic rings. The Kier molecular flexibility index (Phi) is 6.26. The van der Waals surface area contributed by atoms with Crippen molar-refractivity contribution in [2.45, 2.75) is 12.7 Å². The van der Waals surface area contributed by atoms with Crippen molar-refractivity contribution in [3.05, 3.63) is 84.6 Å². The van der Waals surface area contributed by atoms with Crippen LogP contribution in [0, 0.1) is 0 Å². The molecule has 0 radical (unpaired) electrons. The third kappa shape index (κ3) is 4.31. The molecule has 0 saturated heterocycles. The number of hydrogen-bond donors (Lipinski definition) is 0. The molecule has 5 aromatic rings. The second kappa shape index (κ2) is 9.63. The van der Waals surface area contributed by atoms with Gasteiger partial charge in [-0.05, 0) is 16.3 Å². The fraction of sp³-hybridized carbons (Fsp3) is 0.214. The SMILES string of the molecule is COCC(COCc1ccc(-c2cnc3c4ccccc4c4ccccc4c3n2)cc1)OC. The zero-order chi connectivity index (χ0) is 22.6. The number of fused-ring (bicyclic) bond motifs is 6. The summed E-state index contributed by atoms with van der Waals surface area (Å²) in [6, 6.07) is 25.1. The summed E-state index contributed by atoms with van der Waals surface area (Å²) in [4.78, 5) is 9.89. The second-order valence-corrected chi connectivity index (χ2v) is 8.07. The van der Waals surface area contributed by atoms with Crippen molar-refractivity contribution in [2.75, 3.05) is 27.4 Å². The lowest BCUT2D eigenvalue weighted by Crippen LogP contribution is -2.23. The van der Waals surface area contributed by atoms with E-state index in [0.717, 1.165) is 38.6 Å². The highest BCUT2D eigenvalue weighted by Crippen LogP contribution is 2.33. The fourth-order valence-corrected chi connectivity index (χ4v) is 4.21. The van der Waals surface area contributed by atoms with Crippen LogP contribution in [-0.4, -0.2) is 43.5 Å². The van der Waals surface area contributed by atoms with E-state index in [9.17, 15) is 0 Å². The van der Waals surface area contributed by atoms with E-state index in [1.54, 1.807) is 14.2 Å². The molecule has 0 fully saturated rings. The number of ether oxygens (including phenoxy) is 3. The molecule has 0 aliphatic heterocycles. The van der Waals surface area contributed by atoms with Gasteiger partial charge < -0.3 is 14.2 Å². The van der Waals surface area contributed by atoms with Crippen LogP contribution in [0.25, 0.3) is 43.8 Å². The third-order valence-corrected chi connectivity index (χ3v) is 5.94. The lowest BCUT2D eigenvalue weighted by molar-refractivity contribution is -0.0347. The number of rotatable bonds is 8. The molecule has 0 amide bonds. The Morgan fingerprint density at radius 2 is 1.36 bits per heavy atom. The van der Waals surface area contributed by atoms with Gasteiger partial charge in [0.25, 0.3) is 0 Å². The highest BCUT2D eigenvalue weighted by molar-refractivity contribution is 6.23. The second-order valence-electron chi connectivity index (χ2n) is 8.07. The maximum atomic E-state index is 5.78. The Labute approximate surface area is 193 Å². The topological polar surface area (TPSA) is 53.5 Å². The Bertz CT molecular complexity index is 1360. The number of methoxy groups -OCH3 is 2. The van der Waals surface area contributed by atoms with E-state index in [1.807, 2.05) is 6.20 Å². The smallest absolute Gasteiger partial charge is 0.104 e. The highest BCUT2D eigenvalue weighted by Gasteiger charge is 2.12. The van der Waals surface area contributed by atoms with Gasteiger partial charge in [-0.3, -0.25) is 4.98 Å². The minimum absolute atomic E-state index is 0.0620. The Hall–Kier alpha value is -3.38. The lowest BCUT2D eigenvalue weighted by Gasteiger charge is -2.14. The van der Waals surface area contributed by atoms with Crippen LogP contribution < -0.4 is 0 Å². The van der Waals surface area contributed by atoms with Crippen LogP contribution in [0.5, 0.6) is 0 Å². The summed E-state index contributed by atoms with van der Waals surface area (Å²) in [5.74, 6) is 0. The van der Waals surface area contributed by atoms with E-state index in [0.29, 0.717) is 19.8 Å². The van der Waals surface area contributed by atoms with Gasteiger partial charge >= 0.3 is 0 Å². The molecule has 0 saturated carbocycles. The van der Waals surface area contributed by atoms with E-state index in [-0.39, 0.29) is 6.10 Å². The van der Waals surface area contributed by atoms with Crippen LogP contribution in [0.15, 0.2) is 79.0 Å². The van der Waals surface area contributed by atoms with E-state index in [1.165, 1.54) is 10.8 Å². The quantitative estimate of drug-likeness (QED) is 0.287. The normalized spacial score (nSPS) is 12.5. The Balaban J connectivity index is 1.45. The molecule has 1 heterocycles. The van der Waals surface area contributed by atoms with Crippen LogP contribution in [0.4, 0.5) is 0 Å². The van der Waals surface area contributed by atoms with Crippen molar-refractivity contribution in [3.63, 3.8) is 0 Å². The first-order valence-electron chi connectivity index (χ1n) is 11.0. The minimum atomic E-state index is -0.0620. The van der Waals surface area contributed by atoms with Gasteiger partial charge in [0.1, 0.15) is 6.10 Å². The van der Waals surface area contributed by atoms with E-state index in [2.05, 4.69) is 72.8 Å². The number of nitrogens with zero attached hydrogens (tertiary/aromatic N) is 2. The molecule has 5 nitrogen and oxygen atoms in total. The van der Waals surface area contributed by atoms with Gasteiger partial charge in [-0.15, -0.1) is 0 Å². The zero-order valence-corrected chi connectivity index (χ0v) is 18.8. The van der Waals surface area contributed by atoms with E-state index < -0.39 is 0 Å². The van der Waals surface area contributed by atoms with Gasteiger partial charge in [0.15, 0.2) is 0 Å². The number of aromatic nitrogens is 2. The van der Waals surface area contributed by atoms with Crippen molar-refractivity contribution in [1.82, 2.24) is 9.97 Å². The molecule has 5 rings (SSSR count). The summed E-state index contributed by atoms with van der Waals surface area (Å²) >= 11 is 0. The molecule has 33 heavy (non-hydrogen) atoms. The summed E-state index contributed by atoms with van der Waals surface area (Å²) in [5.41, 5.74) is 4.84. The first-order valence-corrected chi connectivity index (χ1v) is 11.0. The summed E-state index contributed by atoms with van der Waals surface area (Å²) < 4.78 is 16.2. The molecular formula is C28H26N2O3. The van der Waals surface area contributed by atoms with Crippen LogP contribution in [-0.2, 0) is 20.8 Å². The fourth-order valence-electron chi connectivity index (χ4n) is 4.21. The predicted octanol–water partition coefficient (Wildman–Crippen LogP) is 5.78. The monoisotopic (exact) mass is 438 g/mol. The molecule has 4 aromatic carbocycles. The Morgan fingerprint density at radius 3 is 2.00 bits per heavy atom. The summed E-state index contributed by atoms with van der Waals surface area (Å²) in [7, 11) is 3.32. The number of hydrogen-bond acceptors (Lipinski definition) is 5. The maximum absolute atomic E-state index is 5.78. The predicted molar refractivity (Wildman–Crippen MR) is 132 cm³/mol. The molecule has 1 aromatic heterocycles. The van der Waals surface area contributed by atoms with Gasteiger partial charge in [-0.2, -0.15) is 0 Å². The highest BCUT2D eigenvalue weighted by atomic mass is 16.5. The minimum Gasteiger partial charge on any atom is -0.382 e. The van der Waals surface area contributed by atoms with Gasteiger partial charge in [0.2, 0.25) is 0 Å². The maximum Gasteiger partial charge on any atom is 0.104 e. The van der Waals surface area contributed by atoms with Crippen molar-refractivity contribution >= 4 is 32.6 Å². The average Bonchev–Trinajstić information content (AvgIpc) is 2.88. The van der Waals surface area contributed by atoms with Gasteiger partial charge in [-0.1, -0.05) is 72.8 Å². The van der Waals surface area contributed by atoms with Gasteiger partial charge in [0, 0.05) is 30.6 Å².